The summed E-state index contributed by atoms with van der Waals surface area (Å²) in [6.07, 6.45) is 7.94. The zero-order valence-electron chi connectivity index (χ0n) is 12.0. The average molecular weight is 249 g/mol. The number of hydrogen-bond acceptors (Lipinski definition) is 2. The molecule has 1 N–H and O–H groups in total. The van der Waals surface area contributed by atoms with E-state index in [1.54, 1.807) is 7.11 Å². The molecule has 102 valence electrons. The summed E-state index contributed by atoms with van der Waals surface area (Å²) in [7, 11) is 1.72. The number of hydrogen-bond donors (Lipinski definition) is 1. The highest BCUT2D eigenvalue weighted by Crippen LogP contribution is 2.24. The van der Waals surface area contributed by atoms with Crippen LogP contribution in [0, 0.1) is 0 Å². The Morgan fingerprint density at radius 3 is 2.56 bits per heavy atom. The minimum atomic E-state index is 0.503. The molecule has 2 nitrogen and oxygen atoms in total. The second-order valence-electron chi connectivity index (χ2n) is 4.95. The monoisotopic (exact) mass is 249 g/mol. The molecule has 18 heavy (non-hydrogen) atoms. The number of benzene rings is 1. The van der Waals surface area contributed by atoms with E-state index in [0.717, 1.165) is 11.4 Å². The van der Waals surface area contributed by atoms with E-state index in [0.29, 0.717) is 6.04 Å². The molecule has 1 rings (SSSR count). The number of methoxy groups -OCH3 is 1. The van der Waals surface area contributed by atoms with E-state index >= 15 is 0 Å². The highest BCUT2D eigenvalue weighted by Gasteiger charge is 2.05. The topological polar surface area (TPSA) is 21.3 Å². The summed E-state index contributed by atoms with van der Waals surface area (Å²) in [6.45, 7) is 4.50. The van der Waals surface area contributed by atoms with Crippen molar-refractivity contribution in [3.8, 4) is 5.75 Å². The van der Waals surface area contributed by atoms with Gasteiger partial charge in [-0.25, -0.2) is 0 Å². The van der Waals surface area contributed by atoms with Crippen LogP contribution in [-0.2, 0) is 0 Å². The van der Waals surface area contributed by atoms with Gasteiger partial charge in [0.05, 0.1) is 12.8 Å². The maximum Gasteiger partial charge on any atom is 0.141 e. The number of nitrogens with one attached hydrogen (secondary N) is 1. The maximum absolute atomic E-state index is 5.34. The summed E-state index contributed by atoms with van der Waals surface area (Å²) in [4.78, 5) is 0. The second-order valence-corrected chi connectivity index (χ2v) is 4.95. The van der Waals surface area contributed by atoms with E-state index in [2.05, 4.69) is 25.2 Å². The summed E-state index contributed by atoms with van der Waals surface area (Å²) in [5.74, 6) is 0.926. The van der Waals surface area contributed by atoms with E-state index in [9.17, 15) is 0 Å². The molecule has 0 aliphatic heterocycles. The molecule has 0 amide bonds. The minimum absolute atomic E-state index is 0.503. The summed E-state index contributed by atoms with van der Waals surface area (Å²) >= 11 is 0. The van der Waals surface area contributed by atoms with Gasteiger partial charge in [0.25, 0.3) is 0 Å². The van der Waals surface area contributed by atoms with Crippen LogP contribution in [0.3, 0.4) is 0 Å². The molecule has 1 aromatic carbocycles. The Labute approximate surface area is 112 Å². The van der Waals surface area contributed by atoms with Gasteiger partial charge in [0.1, 0.15) is 5.75 Å². The van der Waals surface area contributed by atoms with Gasteiger partial charge < -0.3 is 10.1 Å². The lowest BCUT2D eigenvalue weighted by Gasteiger charge is -2.17. The Balaban J connectivity index is 2.28. The first-order chi connectivity index (χ1) is 8.77. The van der Waals surface area contributed by atoms with E-state index in [4.69, 9.17) is 4.74 Å². The van der Waals surface area contributed by atoms with Crippen LogP contribution in [0.2, 0.25) is 0 Å². The molecule has 1 unspecified atom stereocenters. The first kappa shape index (κ1) is 14.9. The van der Waals surface area contributed by atoms with Crippen molar-refractivity contribution in [2.75, 3.05) is 12.4 Å². The lowest BCUT2D eigenvalue weighted by atomic mass is 10.1. The minimum Gasteiger partial charge on any atom is -0.495 e. The standard InChI is InChI=1S/C16H27NO/c1-4-5-6-7-8-11-14(2)17-15-12-9-10-13-16(15)18-3/h9-10,12-14,17H,4-8,11H2,1-3H3. The number of rotatable bonds is 9. The smallest absolute Gasteiger partial charge is 0.141 e. The summed E-state index contributed by atoms with van der Waals surface area (Å²) in [5, 5.41) is 3.53. The van der Waals surface area contributed by atoms with Crippen LogP contribution in [0.15, 0.2) is 24.3 Å². The number of para-hydroxylation sites is 2. The van der Waals surface area contributed by atoms with Gasteiger partial charge in [0, 0.05) is 6.04 Å². The molecule has 0 aromatic heterocycles. The van der Waals surface area contributed by atoms with Gasteiger partial charge >= 0.3 is 0 Å². The number of unbranched alkanes of at least 4 members (excludes halogenated alkanes) is 4. The molecule has 0 radical (unpaired) electrons. The van der Waals surface area contributed by atoms with Gasteiger partial charge in [-0.1, -0.05) is 51.2 Å². The van der Waals surface area contributed by atoms with Gasteiger partial charge in [-0.05, 0) is 25.5 Å². The van der Waals surface area contributed by atoms with E-state index in [-0.39, 0.29) is 0 Å². The molecule has 0 saturated carbocycles. The molecular weight excluding hydrogens is 222 g/mol. The largest absolute Gasteiger partial charge is 0.495 e. The van der Waals surface area contributed by atoms with Gasteiger partial charge in [0.15, 0.2) is 0 Å². The second kappa shape index (κ2) is 8.84. The fraction of sp³-hybridized carbons (Fsp3) is 0.625. The first-order valence-electron chi connectivity index (χ1n) is 7.17. The van der Waals surface area contributed by atoms with Crippen LogP contribution in [0.1, 0.15) is 52.4 Å². The van der Waals surface area contributed by atoms with Crippen molar-refractivity contribution >= 4 is 5.69 Å². The molecular formula is C16H27NO. The fourth-order valence-corrected chi connectivity index (χ4v) is 2.16. The third-order valence-electron chi connectivity index (χ3n) is 3.25. The quantitative estimate of drug-likeness (QED) is 0.631. The van der Waals surface area contributed by atoms with Gasteiger partial charge in [-0.3, -0.25) is 0 Å². The summed E-state index contributed by atoms with van der Waals surface area (Å²) in [6, 6.07) is 8.61. The Morgan fingerprint density at radius 1 is 1.11 bits per heavy atom. The molecule has 2 heteroatoms. The highest BCUT2D eigenvalue weighted by atomic mass is 16.5. The van der Waals surface area contributed by atoms with E-state index in [1.807, 2.05) is 18.2 Å². The van der Waals surface area contributed by atoms with Crippen LogP contribution in [0.25, 0.3) is 0 Å². The molecule has 0 fully saturated rings. The normalized spacial score (nSPS) is 12.2. The summed E-state index contributed by atoms with van der Waals surface area (Å²) in [5.41, 5.74) is 1.10. The molecule has 1 aromatic rings. The Kier molecular flexibility index (Phi) is 7.31. The van der Waals surface area contributed by atoms with Crippen LogP contribution in [-0.4, -0.2) is 13.2 Å². The third-order valence-corrected chi connectivity index (χ3v) is 3.25. The van der Waals surface area contributed by atoms with Crippen molar-refractivity contribution in [1.82, 2.24) is 0 Å². The number of anilines is 1. The van der Waals surface area contributed by atoms with Gasteiger partial charge in [0.2, 0.25) is 0 Å². The summed E-state index contributed by atoms with van der Waals surface area (Å²) < 4.78 is 5.34. The fourth-order valence-electron chi connectivity index (χ4n) is 2.16. The van der Waals surface area contributed by atoms with Gasteiger partial charge in [-0.2, -0.15) is 0 Å². The van der Waals surface area contributed by atoms with E-state index < -0.39 is 0 Å². The Hall–Kier alpha value is -1.18. The van der Waals surface area contributed by atoms with Crippen molar-refractivity contribution in [3.05, 3.63) is 24.3 Å². The van der Waals surface area contributed by atoms with Crippen LogP contribution < -0.4 is 10.1 Å². The SMILES string of the molecule is CCCCCCCC(C)Nc1ccccc1OC. The predicted octanol–water partition coefficient (Wildman–Crippen LogP) is 4.86. The molecule has 0 spiro atoms. The molecule has 0 heterocycles. The lowest BCUT2D eigenvalue weighted by Crippen LogP contribution is -2.15. The Morgan fingerprint density at radius 2 is 1.83 bits per heavy atom. The Bertz CT molecular complexity index is 325. The molecule has 0 bridgehead atoms. The molecule has 1 atom stereocenters. The molecule has 0 aliphatic carbocycles. The van der Waals surface area contributed by atoms with Crippen LogP contribution in [0.4, 0.5) is 5.69 Å². The van der Waals surface area contributed by atoms with Crippen molar-refractivity contribution in [3.63, 3.8) is 0 Å². The third kappa shape index (κ3) is 5.44. The zero-order chi connectivity index (χ0) is 13.2. The van der Waals surface area contributed by atoms with Crippen molar-refractivity contribution in [2.45, 2.75) is 58.4 Å². The van der Waals surface area contributed by atoms with Crippen molar-refractivity contribution in [2.24, 2.45) is 0 Å². The average Bonchev–Trinajstić information content (AvgIpc) is 2.39. The van der Waals surface area contributed by atoms with Gasteiger partial charge in [-0.15, -0.1) is 0 Å². The van der Waals surface area contributed by atoms with Crippen molar-refractivity contribution < 1.29 is 4.74 Å². The van der Waals surface area contributed by atoms with Crippen molar-refractivity contribution in [1.29, 1.82) is 0 Å². The maximum atomic E-state index is 5.34. The van der Waals surface area contributed by atoms with Crippen LogP contribution >= 0.6 is 0 Å². The predicted molar refractivity (Wildman–Crippen MR) is 79.5 cm³/mol. The highest BCUT2D eigenvalue weighted by molar-refractivity contribution is 5.56. The lowest BCUT2D eigenvalue weighted by molar-refractivity contribution is 0.415. The zero-order valence-corrected chi connectivity index (χ0v) is 12.0. The molecule has 0 aliphatic rings. The first-order valence-corrected chi connectivity index (χ1v) is 7.17. The van der Waals surface area contributed by atoms with Crippen LogP contribution in [0.5, 0.6) is 5.75 Å². The van der Waals surface area contributed by atoms with E-state index in [1.165, 1.54) is 38.5 Å². The molecule has 0 saturated heterocycles. The number of ether oxygens (including phenoxy) is 1.